The molecule has 3 N–H and O–H groups in total. The van der Waals surface area contributed by atoms with Gasteiger partial charge in [-0.1, -0.05) is 39.3 Å². The monoisotopic (exact) mass is 346 g/mol. The molecule has 2 rings (SSSR count). The quantitative estimate of drug-likeness (QED) is 0.766. The van der Waals surface area contributed by atoms with Gasteiger partial charge in [0.25, 0.3) is 5.91 Å². The maximum absolute atomic E-state index is 12.3. The predicted molar refractivity (Wildman–Crippen MR) is 98.4 cm³/mol. The van der Waals surface area contributed by atoms with E-state index in [0.29, 0.717) is 12.1 Å². The van der Waals surface area contributed by atoms with Gasteiger partial charge in [0.2, 0.25) is 5.91 Å². The number of carbonyl (C=O) groups excluding carboxylic acids is 2. The lowest BCUT2D eigenvalue weighted by atomic mass is 9.86. The largest absolute Gasteiger partial charge is 0.393 e. The Bertz CT molecular complexity index is 604. The molecule has 138 valence electrons. The number of amides is 2. The highest BCUT2D eigenvalue weighted by atomic mass is 16.3. The van der Waals surface area contributed by atoms with Gasteiger partial charge in [0.1, 0.15) is 6.04 Å². The molecule has 0 aliphatic heterocycles. The highest BCUT2D eigenvalue weighted by molar-refractivity contribution is 5.97. The zero-order chi connectivity index (χ0) is 18.6. The van der Waals surface area contributed by atoms with Crippen LogP contribution in [-0.4, -0.2) is 35.6 Å². The lowest BCUT2D eigenvalue weighted by Crippen LogP contribution is -2.46. The summed E-state index contributed by atoms with van der Waals surface area (Å²) in [5.74, 6) is -0.362. The molecule has 1 aliphatic rings. The first kappa shape index (κ1) is 19.4. The molecule has 5 nitrogen and oxygen atoms in total. The van der Waals surface area contributed by atoms with E-state index in [0.717, 1.165) is 24.8 Å². The van der Waals surface area contributed by atoms with Crippen LogP contribution in [0.25, 0.3) is 0 Å². The Morgan fingerprint density at radius 2 is 1.84 bits per heavy atom. The Hall–Kier alpha value is -1.88. The van der Waals surface area contributed by atoms with Gasteiger partial charge in [-0.05, 0) is 42.9 Å². The molecular weight excluding hydrogens is 316 g/mol. The van der Waals surface area contributed by atoms with Crippen molar-refractivity contribution in [1.29, 1.82) is 0 Å². The second-order valence-electron chi connectivity index (χ2n) is 8.03. The summed E-state index contributed by atoms with van der Waals surface area (Å²) in [5.41, 5.74) is 1.73. The van der Waals surface area contributed by atoms with Crippen molar-refractivity contribution in [3.8, 4) is 0 Å². The average molecular weight is 346 g/mol. The first-order chi connectivity index (χ1) is 11.7. The topological polar surface area (TPSA) is 78.4 Å². The molecule has 1 aromatic carbocycles. The molecule has 0 aromatic heterocycles. The highest BCUT2D eigenvalue weighted by Gasteiger charge is 2.26. The molecule has 0 heterocycles. The fourth-order valence-electron chi connectivity index (χ4n) is 3.11. The molecule has 1 aromatic rings. The molecule has 0 bridgehead atoms. The second-order valence-corrected chi connectivity index (χ2v) is 8.03. The summed E-state index contributed by atoms with van der Waals surface area (Å²) >= 11 is 0. The zero-order valence-corrected chi connectivity index (χ0v) is 15.6. The van der Waals surface area contributed by atoms with Crippen LogP contribution in [0.5, 0.6) is 0 Å². The van der Waals surface area contributed by atoms with E-state index in [2.05, 4.69) is 31.4 Å². The van der Waals surface area contributed by atoms with Crippen molar-refractivity contribution in [2.75, 3.05) is 6.54 Å². The minimum Gasteiger partial charge on any atom is -0.393 e. The lowest BCUT2D eigenvalue weighted by Gasteiger charge is -2.20. The van der Waals surface area contributed by atoms with Crippen LogP contribution in [0, 0.1) is 5.92 Å². The molecule has 0 spiro atoms. The Morgan fingerprint density at radius 3 is 2.36 bits per heavy atom. The number of aliphatic hydroxyl groups is 1. The van der Waals surface area contributed by atoms with Crippen molar-refractivity contribution < 1.29 is 14.7 Å². The number of nitrogens with one attached hydrogen (secondary N) is 2. The number of hydrogen-bond donors (Lipinski definition) is 3. The summed E-state index contributed by atoms with van der Waals surface area (Å²) in [6.45, 7) is 8.49. The van der Waals surface area contributed by atoms with Gasteiger partial charge in [-0.3, -0.25) is 9.59 Å². The van der Waals surface area contributed by atoms with Crippen molar-refractivity contribution >= 4 is 11.8 Å². The summed E-state index contributed by atoms with van der Waals surface area (Å²) < 4.78 is 0. The van der Waals surface area contributed by atoms with Gasteiger partial charge in [-0.25, -0.2) is 0 Å². The van der Waals surface area contributed by atoms with Gasteiger partial charge in [0.05, 0.1) is 6.10 Å². The smallest absolute Gasteiger partial charge is 0.251 e. The van der Waals surface area contributed by atoms with Crippen molar-refractivity contribution in [2.24, 2.45) is 5.92 Å². The maximum atomic E-state index is 12.3. The minimum atomic E-state index is -0.617. The SMILES string of the molecule is CC(NC(=O)c1ccc(C(C)(C)C)cc1)C(=O)NCC1CCCC1O. The molecule has 3 atom stereocenters. The summed E-state index contributed by atoms with van der Waals surface area (Å²) in [7, 11) is 0. The molecule has 1 fully saturated rings. The Labute approximate surface area is 150 Å². The average Bonchev–Trinajstić information content (AvgIpc) is 2.96. The van der Waals surface area contributed by atoms with E-state index < -0.39 is 6.04 Å². The number of aliphatic hydroxyl groups excluding tert-OH is 1. The van der Waals surface area contributed by atoms with Crippen molar-refractivity contribution in [3.63, 3.8) is 0 Å². The van der Waals surface area contributed by atoms with Crippen LogP contribution in [0.1, 0.15) is 62.9 Å². The first-order valence-electron chi connectivity index (χ1n) is 9.05. The normalized spacial score (nSPS) is 21.6. The summed E-state index contributed by atoms with van der Waals surface area (Å²) in [4.78, 5) is 24.5. The van der Waals surface area contributed by atoms with E-state index >= 15 is 0 Å². The fourth-order valence-corrected chi connectivity index (χ4v) is 3.11. The molecule has 5 heteroatoms. The van der Waals surface area contributed by atoms with Gasteiger partial charge in [-0.2, -0.15) is 0 Å². The highest BCUT2D eigenvalue weighted by Crippen LogP contribution is 2.24. The first-order valence-corrected chi connectivity index (χ1v) is 9.05. The molecular formula is C20H30N2O3. The van der Waals surface area contributed by atoms with Gasteiger partial charge in [-0.15, -0.1) is 0 Å². The van der Waals surface area contributed by atoms with Crippen LogP contribution in [0.15, 0.2) is 24.3 Å². The van der Waals surface area contributed by atoms with E-state index in [1.165, 1.54) is 0 Å². The lowest BCUT2D eigenvalue weighted by molar-refractivity contribution is -0.122. The van der Waals surface area contributed by atoms with Gasteiger partial charge in [0.15, 0.2) is 0 Å². The van der Waals surface area contributed by atoms with Crippen LogP contribution in [0.3, 0.4) is 0 Å². The van der Waals surface area contributed by atoms with E-state index in [9.17, 15) is 14.7 Å². The fraction of sp³-hybridized carbons (Fsp3) is 0.600. The molecule has 0 radical (unpaired) electrons. The Balaban J connectivity index is 1.85. The van der Waals surface area contributed by atoms with Gasteiger partial charge < -0.3 is 15.7 Å². The van der Waals surface area contributed by atoms with Crippen LogP contribution >= 0.6 is 0 Å². The van der Waals surface area contributed by atoms with Crippen LogP contribution in [0.4, 0.5) is 0 Å². The number of benzene rings is 1. The summed E-state index contributed by atoms with van der Waals surface area (Å²) in [6.07, 6.45) is 2.41. The minimum absolute atomic E-state index is 0.0347. The van der Waals surface area contributed by atoms with E-state index in [4.69, 9.17) is 0 Å². The van der Waals surface area contributed by atoms with Crippen molar-refractivity contribution in [1.82, 2.24) is 10.6 Å². The standard InChI is InChI=1S/C20H30N2O3/c1-13(18(24)21-12-15-6-5-7-17(15)23)22-19(25)14-8-10-16(11-9-14)20(2,3)4/h8-11,13,15,17,23H,5-7,12H2,1-4H3,(H,21,24)(H,22,25). The summed E-state index contributed by atoms with van der Waals surface area (Å²) in [6, 6.07) is 6.85. The molecule has 2 amide bonds. The van der Waals surface area contributed by atoms with Gasteiger partial charge in [0, 0.05) is 18.0 Å². The van der Waals surface area contributed by atoms with E-state index in [1.807, 2.05) is 12.1 Å². The van der Waals surface area contributed by atoms with E-state index in [1.54, 1.807) is 19.1 Å². The van der Waals surface area contributed by atoms with Crippen LogP contribution in [0.2, 0.25) is 0 Å². The third kappa shape index (κ3) is 5.30. The predicted octanol–water partition coefficient (Wildman–Crippen LogP) is 2.38. The van der Waals surface area contributed by atoms with Crippen molar-refractivity contribution in [2.45, 2.75) is 64.5 Å². The van der Waals surface area contributed by atoms with Crippen LogP contribution in [-0.2, 0) is 10.2 Å². The second kappa shape index (κ2) is 8.00. The third-order valence-corrected chi connectivity index (χ3v) is 4.91. The molecule has 0 saturated heterocycles. The molecule has 25 heavy (non-hydrogen) atoms. The van der Waals surface area contributed by atoms with Gasteiger partial charge >= 0.3 is 0 Å². The van der Waals surface area contributed by atoms with Crippen molar-refractivity contribution in [3.05, 3.63) is 35.4 Å². The maximum Gasteiger partial charge on any atom is 0.251 e. The molecule has 1 aliphatic carbocycles. The van der Waals surface area contributed by atoms with E-state index in [-0.39, 0.29) is 29.3 Å². The zero-order valence-electron chi connectivity index (χ0n) is 15.6. The molecule has 3 unspecified atom stereocenters. The number of carbonyl (C=O) groups is 2. The number of rotatable bonds is 5. The number of hydrogen-bond acceptors (Lipinski definition) is 3. The Morgan fingerprint density at radius 1 is 1.20 bits per heavy atom. The summed E-state index contributed by atoms with van der Waals surface area (Å²) in [5, 5.41) is 15.3. The van der Waals surface area contributed by atoms with Crippen LogP contribution < -0.4 is 10.6 Å². The molecule has 1 saturated carbocycles. The third-order valence-electron chi connectivity index (χ3n) is 4.91. The Kier molecular flexibility index (Phi) is 6.22.